The largest absolute Gasteiger partial charge is 0.457 e. The first-order chi connectivity index (χ1) is 19.6. The van der Waals surface area contributed by atoms with E-state index >= 15 is 0 Å². The SMILES string of the molecule is Cc1cc(Oc2ccccc2C(F)(F)F)ccc1N1C(=O)NC2=C(C(=O)N[C@@H]3CCCN(C)C3)SC3NCCC1C23. The molecule has 3 unspecified atom stereocenters. The van der Waals surface area contributed by atoms with Gasteiger partial charge in [-0.25, -0.2) is 4.79 Å². The molecule has 3 amide bonds. The molecule has 0 aliphatic carbocycles. The van der Waals surface area contributed by atoms with Gasteiger partial charge in [-0.2, -0.15) is 13.2 Å². The van der Waals surface area contributed by atoms with Crippen LogP contribution in [0, 0.1) is 12.8 Å². The Morgan fingerprint density at radius 2 is 1.98 bits per heavy atom. The summed E-state index contributed by atoms with van der Waals surface area (Å²) in [7, 11) is 2.05. The number of benzene rings is 2. The number of likely N-dealkylation sites (N-methyl/N-ethyl adjacent to an activating group) is 1. The van der Waals surface area contributed by atoms with Gasteiger partial charge in [0.2, 0.25) is 0 Å². The molecule has 6 rings (SSSR count). The van der Waals surface area contributed by atoms with Crippen molar-refractivity contribution >= 4 is 29.4 Å². The van der Waals surface area contributed by atoms with E-state index in [9.17, 15) is 22.8 Å². The highest BCUT2D eigenvalue weighted by atomic mass is 32.2. The number of likely N-dealkylation sites (tertiary alicyclic amines) is 1. The number of urea groups is 1. The number of halogens is 3. The van der Waals surface area contributed by atoms with Crippen molar-refractivity contribution in [2.45, 2.75) is 49.8 Å². The van der Waals surface area contributed by atoms with Crippen molar-refractivity contribution in [2.75, 3.05) is 31.6 Å². The number of carbonyl (C=O) groups is 2. The summed E-state index contributed by atoms with van der Waals surface area (Å²) in [6.45, 7) is 4.31. The number of carbonyl (C=O) groups excluding carboxylic acids is 2. The van der Waals surface area contributed by atoms with Gasteiger partial charge in [0, 0.05) is 29.9 Å². The molecule has 4 aliphatic heterocycles. The maximum atomic E-state index is 13.6. The number of nitrogens with one attached hydrogen (secondary N) is 3. The fraction of sp³-hybridized carbons (Fsp3) is 0.448. The number of rotatable bonds is 5. The smallest absolute Gasteiger partial charge is 0.419 e. The Hall–Kier alpha value is -3.22. The molecule has 3 fully saturated rings. The molecule has 2 aromatic carbocycles. The van der Waals surface area contributed by atoms with Gasteiger partial charge in [0.25, 0.3) is 5.91 Å². The molecule has 3 saturated heterocycles. The van der Waals surface area contributed by atoms with Crippen LogP contribution >= 0.6 is 11.8 Å². The van der Waals surface area contributed by atoms with Crippen LogP contribution in [0.3, 0.4) is 0 Å². The summed E-state index contributed by atoms with van der Waals surface area (Å²) >= 11 is 1.47. The normalized spacial score (nSPS) is 26.5. The van der Waals surface area contributed by atoms with Gasteiger partial charge in [-0.15, -0.1) is 0 Å². The minimum absolute atomic E-state index is 0.0524. The van der Waals surface area contributed by atoms with Gasteiger partial charge >= 0.3 is 12.2 Å². The van der Waals surface area contributed by atoms with Crippen LogP contribution in [-0.4, -0.2) is 61.0 Å². The van der Waals surface area contributed by atoms with E-state index in [0.717, 1.165) is 32.0 Å². The Bertz CT molecular complexity index is 1400. The van der Waals surface area contributed by atoms with E-state index in [1.165, 1.54) is 30.0 Å². The lowest BCUT2D eigenvalue weighted by Gasteiger charge is -2.46. The summed E-state index contributed by atoms with van der Waals surface area (Å²) in [5.74, 6) is -0.290. The number of hydrogen-bond acceptors (Lipinski definition) is 6. The number of hydrogen-bond donors (Lipinski definition) is 3. The molecule has 0 aromatic heterocycles. The first kappa shape index (κ1) is 27.9. The molecule has 2 aromatic rings. The topological polar surface area (TPSA) is 85.9 Å². The highest BCUT2D eigenvalue weighted by molar-refractivity contribution is 8.04. The Kier molecular flexibility index (Phi) is 7.41. The molecule has 218 valence electrons. The summed E-state index contributed by atoms with van der Waals surface area (Å²) in [5, 5.41) is 9.64. The third-order valence-corrected chi connectivity index (χ3v) is 9.51. The summed E-state index contributed by atoms with van der Waals surface area (Å²) < 4.78 is 46.0. The number of aryl methyl sites for hydroxylation is 1. The molecule has 0 radical (unpaired) electrons. The first-order valence-electron chi connectivity index (χ1n) is 13.8. The molecule has 0 bridgehead atoms. The molecular formula is C29H32F3N5O3S. The number of piperidine rings is 2. The number of ether oxygens (including phenoxy) is 1. The third kappa shape index (κ3) is 5.40. The maximum absolute atomic E-state index is 13.6. The molecule has 12 heteroatoms. The highest BCUT2D eigenvalue weighted by Crippen LogP contribution is 2.48. The molecule has 4 heterocycles. The van der Waals surface area contributed by atoms with Gasteiger partial charge in [0.15, 0.2) is 0 Å². The molecule has 4 aliphatic rings. The standard InChI is InChI=1S/C29H32F3N5O3S/c1-16-14-18(40-22-8-4-3-7-19(22)29(30,31)32)9-10-20(16)37-21-11-12-33-27-23(21)24(35-28(37)39)25(41-27)26(38)34-17-6-5-13-36(2)15-17/h3-4,7-10,14,17,21,23,27,33H,5-6,11-13,15H2,1-2H3,(H,34,38)(H,35,39)/t17-,21?,23?,27?/m1/s1. The number of thioether (sulfide) groups is 1. The van der Waals surface area contributed by atoms with E-state index in [1.54, 1.807) is 30.0 Å². The van der Waals surface area contributed by atoms with Crippen molar-refractivity contribution < 1.29 is 27.5 Å². The van der Waals surface area contributed by atoms with E-state index in [1.807, 2.05) is 7.05 Å². The van der Waals surface area contributed by atoms with Crippen LogP contribution in [0.5, 0.6) is 11.5 Å². The van der Waals surface area contributed by atoms with Crippen LogP contribution < -0.4 is 25.6 Å². The molecule has 8 nitrogen and oxygen atoms in total. The third-order valence-electron chi connectivity index (χ3n) is 8.16. The summed E-state index contributed by atoms with van der Waals surface area (Å²) in [4.78, 5) is 31.4. The average Bonchev–Trinajstić information content (AvgIpc) is 3.29. The van der Waals surface area contributed by atoms with Crippen LogP contribution in [0.1, 0.15) is 30.4 Å². The number of alkyl halides is 3. The average molecular weight is 588 g/mol. The highest BCUT2D eigenvalue weighted by Gasteiger charge is 2.52. The second-order valence-corrected chi connectivity index (χ2v) is 12.2. The zero-order valence-electron chi connectivity index (χ0n) is 22.8. The molecule has 3 N–H and O–H groups in total. The zero-order valence-corrected chi connectivity index (χ0v) is 23.6. The lowest BCUT2D eigenvalue weighted by atomic mass is 9.86. The van der Waals surface area contributed by atoms with Crippen LogP contribution in [0.25, 0.3) is 0 Å². The summed E-state index contributed by atoms with van der Waals surface area (Å²) in [6, 6.07) is 9.57. The van der Waals surface area contributed by atoms with Crippen molar-refractivity contribution in [3.05, 3.63) is 64.2 Å². The number of anilines is 1. The quantitative estimate of drug-likeness (QED) is 0.466. The minimum Gasteiger partial charge on any atom is -0.457 e. The van der Waals surface area contributed by atoms with E-state index in [0.29, 0.717) is 34.8 Å². The van der Waals surface area contributed by atoms with Gasteiger partial charge < -0.3 is 25.6 Å². The fourth-order valence-electron chi connectivity index (χ4n) is 6.32. The summed E-state index contributed by atoms with van der Waals surface area (Å²) in [5.41, 5.74) is 1.15. The monoisotopic (exact) mass is 587 g/mol. The van der Waals surface area contributed by atoms with Crippen LogP contribution in [0.15, 0.2) is 53.1 Å². The van der Waals surface area contributed by atoms with Crippen molar-refractivity contribution in [3.63, 3.8) is 0 Å². The van der Waals surface area contributed by atoms with E-state index in [2.05, 4.69) is 20.9 Å². The number of para-hydroxylation sites is 1. The Morgan fingerprint density at radius 1 is 1.17 bits per heavy atom. The van der Waals surface area contributed by atoms with Crippen LogP contribution in [0.4, 0.5) is 23.7 Å². The second kappa shape index (κ2) is 10.9. The lowest BCUT2D eigenvalue weighted by molar-refractivity contribution is -0.138. The zero-order chi connectivity index (χ0) is 28.9. The molecule has 4 atom stereocenters. The Labute approximate surface area is 240 Å². The molecule has 0 spiro atoms. The van der Waals surface area contributed by atoms with Gasteiger partial charge in [0.05, 0.1) is 21.9 Å². The molecular weight excluding hydrogens is 555 g/mol. The molecule has 0 saturated carbocycles. The lowest BCUT2D eigenvalue weighted by Crippen LogP contribution is -2.62. The van der Waals surface area contributed by atoms with E-state index in [-0.39, 0.29) is 46.8 Å². The van der Waals surface area contributed by atoms with E-state index in [4.69, 9.17) is 4.74 Å². The predicted octanol–water partition coefficient (Wildman–Crippen LogP) is 4.81. The van der Waals surface area contributed by atoms with Crippen molar-refractivity contribution in [1.82, 2.24) is 20.9 Å². The summed E-state index contributed by atoms with van der Waals surface area (Å²) in [6.07, 6.45) is -1.90. The van der Waals surface area contributed by atoms with Gasteiger partial charge in [0.1, 0.15) is 11.5 Å². The fourth-order valence-corrected chi connectivity index (χ4v) is 7.71. The first-order valence-corrected chi connectivity index (χ1v) is 14.7. The van der Waals surface area contributed by atoms with Crippen molar-refractivity contribution in [1.29, 1.82) is 0 Å². The predicted molar refractivity (Wildman–Crippen MR) is 151 cm³/mol. The van der Waals surface area contributed by atoms with Gasteiger partial charge in [-0.3, -0.25) is 9.69 Å². The van der Waals surface area contributed by atoms with Crippen molar-refractivity contribution in [3.8, 4) is 11.5 Å². The Balaban J connectivity index is 1.24. The second-order valence-electron chi connectivity index (χ2n) is 11.0. The number of nitrogens with zero attached hydrogens (tertiary/aromatic N) is 2. The minimum atomic E-state index is -4.55. The molecule has 41 heavy (non-hydrogen) atoms. The van der Waals surface area contributed by atoms with Gasteiger partial charge in [-0.1, -0.05) is 23.9 Å². The van der Waals surface area contributed by atoms with E-state index < -0.39 is 11.7 Å². The van der Waals surface area contributed by atoms with Crippen LogP contribution in [0.2, 0.25) is 0 Å². The Morgan fingerprint density at radius 3 is 2.73 bits per heavy atom. The van der Waals surface area contributed by atoms with Crippen molar-refractivity contribution in [2.24, 2.45) is 5.92 Å². The van der Waals surface area contributed by atoms with Crippen LogP contribution in [-0.2, 0) is 11.0 Å². The van der Waals surface area contributed by atoms with Gasteiger partial charge in [-0.05, 0) is 82.2 Å². The maximum Gasteiger partial charge on any atom is 0.419 e. The number of amides is 3.